The van der Waals surface area contributed by atoms with E-state index in [1.165, 1.54) is 4.57 Å². The van der Waals surface area contributed by atoms with E-state index in [9.17, 15) is 8.78 Å². The van der Waals surface area contributed by atoms with E-state index in [1.807, 2.05) is 38.1 Å². The Morgan fingerprint density at radius 2 is 1.71 bits per heavy atom. The molecule has 0 amide bonds. The smallest absolute Gasteiger partial charge is 0.296 e. The third-order valence-electron chi connectivity index (χ3n) is 4.76. The van der Waals surface area contributed by atoms with Crippen LogP contribution in [-0.4, -0.2) is 30.0 Å². The average molecular weight is 443 g/mol. The Balaban J connectivity index is 1.73. The van der Waals surface area contributed by atoms with Crippen molar-refractivity contribution in [3.8, 4) is 5.95 Å². The van der Waals surface area contributed by atoms with Crippen LogP contribution in [0.1, 0.15) is 37.5 Å². The summed E-state index contributed by atoms with van der Waals surface area (Å²) in [6.07, 6.45) is -2.17. The van der Waals surface area contributed by atoms with Crippen molar-refractivity contribution in [3.05, 3.63) is 70.8 Å². The number of aryl methyl sites for hydroxylation is 1. The van der Waals surface area contributed by atoms with Gasteiger partial charge in [0.2, 0.25) is 11.9 Å². The lowest BCUT2D eigenvalue weighted by Crippen LogP contribution is -2.34. The van der Waals surface area contributed by atoms with Crippen molar-refractivity contribution in [1.82, 2.24) is 24.5 Å². The molecular formula is C22H21ClF2N6. The molecule has 6 nitrogen and oxygen atoms in total. The SMILES string of the molecule is Cc1nc(NC(C)(C)Cc2ccccc2Cl)nc(-n2c(C(F)F)nc3ccccc32)n1. The maximum absolute atomic E-state index is 13.7. The van der Waals surface area contributed by atoms with Gasteiger partial charge in [0.05, 0.1) is 11.0 Å². The molecule has 0 bridgehead atoms. The minimum absolute atomic E-state index is 0.0903. The molecule has 0 fully saturated rings. The van der Waals surface area contributed by atoms with E-state index in [4.69, 9.17) is 11.6 Å². The molecule has 2 heterocycles. The molecule has 0 aliphatic heterocycles. The summed E-state index contributed by atoms with van der Waals surface area (Å²) in [6, 6.07) is 14.5. The largest absolute Gasteiger partial charge is 0.349 e. The highest BCUT2D eigenvalue weighted by Crippen LogP contribution is 2.27. The molecule has 4 aromatic rings. The summed E-state index contributed by atoms with van der Waals surface area (Å²) in [5, 5.41) is 3.97. The number of hydrogen-bond donors (Lipinski definition) is 1. The molecule has 0 spiro atoms. The number of anilines is 1. The lowest BCUT2D eigenvalue weighted by atomic mass is 9.95. The highest BCUT2D eigenvalue weighted by molar-refractivity contribution is 6.31. The molecule has 2 aromatic heterocycles. The monoisotopic (exact) mass is 442 g/mol. The van der Waals surface area contributed by atoms with Gasteiger partial charge in [0.15, 0.2) is 5.82 Å². The highest BCUT2D eigenvalue weighted by atomic mass is 35.5. The minimum Gasteiger partial charge on any atom is -0.349 e. The Kier molecular flexibility index (Phi) is 5.58. The van der Waals surface area contributed by atoms with E-state index in [-0.39, 0.29) is 11.9 Å². The van der Waals surface area contributed by atoms with Crippen LogP contribution < -0.4 is 5.32 Å². The van der Waals surface area contributed by atoms with E-state index in [0.717, 1.165) is 5.56 Å². The van der Waals surface area contributed by atoms with Crippen LogP contribution in [0, 0.1) is 6.92 Å². The second-order valence-corrected chi connectivity index (χ2v) is 8.29. The fourth-order valence-corrected chi connectivity index (χ4v) is 3.69. The Labute approximate surface area is 183 Å². The van der Waals surface area contributed by atoms with Gasteiger partial charge in [-0.1, -0.05) is 41.9 Å². The molecular weight excluding hydrogens is 422 g/mol. The maximum atomic E-state index is 13.7. The Morgan fingerprint density at radius 3 is 2.45 bits per heavy atom. The topological polar surface area (TPSA) is 68.5 Å². The van der Waals surface area contributed by atoms with E-state index < -0.39 is 17.8 Å². The van der Waals surface area contributed by atoms with E-state index in [2.05, 4.69) is 25.3 Å². The molecule has 0 saturated heterocycles. The molecule has 31 heavy (non-hydrogen) atoms. The van der Waals surface area contributed by atoms with Crippen molar-refractivity contribution < 1.29 is 8.78 Å². The lowest BCUT2D eigenvalue weighted by Gasteiger charge is -2.27. The number of rotatable bonds is 6. The molecule has 0 aliphatic carbocycles. The van der Waals surface area contributed by atoms with Gasteiger partial charge in [0.1, 0.15) is 5.82 Å². The van der Waals surface area contributed by atoms with Crippen LogP contribution >= 0.6 is 11.6 Å². The van der Waals surface area contributed by atoms with Gasteiger partial charge in [-0.2, -0.15) is 15.0 Å². The van der Waals surface area contributed by atoms with Crippen LogP contribution in [0.4, 0.5) is 14.7 Å². The van der Waals surface area contributed by atoms with Gasteiger partial charge in [0.25, 0.3) is 6.43 Å². The van der Waals surface area contributed by atoms with Crippen molar-refractivity contribution >= 4 is 28.6 Å². The predicted octanol–water partition coefficient (Wildman–Crippen LogP) is 5.54. The standard InChI is InChI=1S/C22H21ClF2N6/c1-13-26-20(30-22(2,3)12-14-8-4-5-9-15(14)23)29-21(27-13)31-17-11-7-6-10-16(17)28-19(31)18(24)25/h4-11,18H,12H2,1-3H3,(H,26,27,29,30). The van der Waals surface area contributed by atoms with Gasteiger partial charge in [-0.25, -0.2) is 13.8 Å². The van der Waals surface area contributed by atoms with Crippen LogP contribution in [-0.2, 0) is 6.42 Å². The zero-order chi connectivity index (χ0) is 22.2. The van der Waals surface area contributed by atoms with Crippen molar-refractivity contribution in [2.75, 3.05) is 5.32 Å². The molecule has 1 N–H and O–H groups in total. The number of para-hydroxylation sites is 2. The van der Waals surface area contributed by atoms with Gasteiger partial charge in [0, 0.05) is 10.6 Å². The van der Waals surface area contributed by atoms with Gasteiger partial charge in [-0.15, -0.1) is 0 Å². The molecule has 160 valence electrons. The van der Waals surface area contributed by atoms with Crippen molar-refractivity contribution in [3.63, 3.8) is 0 Å². The predicted molar refractivity (Wildman–Crippen MR) is 117 cm³/mol. The zero-order valence-electron chi connectivity index (χ0n) is 17.3. The van der Waals surface area contributed by atoms with Crippen LogP contribution in [0.15, 0.2) is 48.5 Å². The number of aromatic nitrogens is 5. The fraction of sp³-hybridized carbons (Fsp3) is 0.273. The van der Waals surface area contributed by atoms with Gasteiger partial charge < -0.3 is 5.32 Å². The number of nitrogens with one attached hydrogen (secondary N) is 1. The average Bonchev–Trinajstić information content (AvgIpc) is 3.09. The van der Waals surface area contributed by atoms with Crippen LogP contribution in [0.25, 0.3) is 17.0 Å². The normalized spacial score (nSPS) is 12.0. The van der Waals surface area contributed by atoms with Gasteiger partial charge in [-0.3, -0.25) is 4.57 Å². The molecule has 2 aromatic carbocycles. The molecule has 0 saturated carbocycles. The molecule has 9 heteroatoms. The lowest BCUT2D eigenvalue weighted by molar-refractivity contribution is 0.138. The number of imidazole rings is 1. The van der Waals surface area contributed by atoms with E-state index >= 15 is 0 Å². The molecule has 0 atom stereocenters. The van der Waals surface area contributed by atoms with Crippen molar-refractivity contribution in [2.45, 2.75) is 39.2 Å². The first kappa shape index (κ1) is 21.1. The van der Waals surface area contributed by atoms with Crippen LogP contribution in [0.5, 0.6) is 0 Å². The Hall–Kier alpha value is -3.13. The number of benzene rings is 2. The quantitative estimate of drug-likeness (QED) is 0.424. The van der Waals surface area contributed by atoms with E-state index in [0.29, 0.717) is 28.3 Å². The third-order valence-corrected chi connectivity index (χ3v) is 5.13. The summed E-state index contributed by atoms with van der Waals surface area (Å²) >= 11 is 6.30. The molecule has 0 radical (unpaired) electrons. The van der Waals surface area contributed by atoms with Crippen molar-refractivity contribution in [2.24, 2.45) is 0 Å². The first-order valence-corrected chi connectivity index (χ1v) is 10.1. The second-order valence-electron chi connectivity index (χ2n) is 7.88. The second kappa shape index (κ2) is 8.19. The van der Waals surface area contributed by atoms with Crippen LogP contribution in [0.3, 0.4) is 0 Å². The molecule has 0 unspecified atom stereocenters. The molecule has 0 aliphatic rings. The first-order chi connectivity index (χ1) is 14.7. The number of fused-ring (bicyclic) bond motifs is 1. The molecule has 4 rings (SSSR count). The van der Waals surface area contributed by atoms with Gasteiger partial charge >= 0.3 is 0 Å². The summed E-state index contributed by atoms with van der Waals surface area (Å²) < 4.78 is 28.7. The zero-order valence-corrected chi connectivity index (χ0v) is 18.0. The highest BCUT2D eigenvalue weighted by Gasteiger charge is 2.24. The van der Waals surface area contributed by atoms with E-state index in [1.54, 1.807) is 31.2 Å². The summed E-state index contributed by atoms with van der Waals surface area (Å²) in [5.74, 6) is 0.372. The maximum Gasteiger partial charge on any atom is 0.296 e. The number of alkyl halides is 2. The summed E-state index contributed by atoms with van der Waals surface area (Å²) in [4.78, 5) is 17.2. The minimum atomic E-state index is -2.78. The number of hydrogen-bond acceptors (Lipinski definition) is 5. The Bertz CT molecular complexity index is 1240. The Morgan fingerprint density at radius 1 is 1.00 bits per heavy atom. The van der Waals surface area contributed by atoms with Crippen LogP contribution in [0.2, 0.25) is 5.02 Å². The van der Waals surface area contributed by atoms with Gasteiger partial charge in [-0.05, 0) is 51.0 Å². The van der Waals surface area contributed by atoms with Crippen molar-refractivity contribution in [1.29, 1.82) is 0 Å². The third kappa shape index (κ3) is 4.49. The number of nitrogens with zero attached hydrogens (tertiary/aromatic N) is 5. The number of halogens is 3. The summed E-state index contributed by atoms with van der Waals surface area (Å²) in [6.45, 7) is 5.68. The summed E-state index contributed by atoms with van der Waals surface area (Å²) in [7, 11) is 0. The summed E-state index contributed by atoms with van der Waals surface area (Å²) in [5.41, 5.74) is 1.47. The first-order valence-electron chi connectivity index (χ1n) is 9.74. The fourth-order valence-electron chi connectivity index (χ4n) is 3.49.